The van der Waals surface area contributed by atoms with E-state index in [4.69, 9.17) is 11.6 Å². The van der Waals surface area contributed by atoms with Crippen LogP contribution in [-0.4, -0.2) is 35.0 Å². The number of aromatic nitrogens is 2. The molecule has 1 aliphatic carbocycles. The average molecular weight is 281 g/mol. The maximum atomic E-state index is 12.0. The Kier molecular flexibility index (Phi) is 3.55. The summed E-state index contributed by atoms with van der Waals surface area (Å²) in [6, 6.07) is 0.446. The zero-order valence-corrected chi connectivity index (χ0v) is 11.4. The normalized spacial score (nSPS) is 20.4. The molecule has 3 rings (SSSR count). The second-order valence-corrected chi connectivity index (χ2v) is 5.65. The molecule has 6 heteroatoms. The topological polar surface area (TPSA) is 58.1 Å². The number of nitrogens with one attached hydrogen (secondary N) is 1. The smallest absolute Gasteiger partial charge is 0.223 e. The van der Waals surface area contributed by atoms with Crippen molar-refractivity contribution < 1.29 is 4.79 Å². The fraction of sp³-hybridized carbons (Fsp3) is 0.615. The van der Waals surface area contributed by atoms with Gasteiger partial charge in [0.1, 0.15) is 11.3 Å². The minimum Gasteiger partial charge on any atom is -0.355 e. The van der Waals surface area contributed by atoms with Crippen molar-refractivity contribution in [2.45, 2.75) is 31.7 Å². The minimum atomic E-state index is 0.137. The van der Waals surface area contributed by atoms with Gasteiger partial charge in [0.2, 0.25) is 5.91 Å². The number of carbonyl (C=O) groups excluding carboxylic acids is 1. The van der Waals surface area contributed by atoms with E-state index in [1.807, 2.05) is 0 Å². The first-order valence-electron chi connectivity index (χ1n) is 6.75. The van der Waals surface area contributed by atoms with E-state index in [1.165, 1.54) is 6.33 Å². The summed E-state index contributed by atoms with van der Waals surface area (Å²) >= 11 is 6.09. The van der Waals surface area contributed by atoms with Crippen LogP contribution in [0.3, 0.4) is 0 Å². The molecule has 19 heavy (non-hydrogen) atoms. The van der Waals surface area contributed by atoms with E-state index in [0.717, 1.165) is 44.6 Å². The molecule has 1 aromatic heterocycles. The molecule has 2 fully saturated rings. The zero-order chi connectivity index (χ0) is 13.2. The third-order valence-corrected chi connectivity index (χ3v) is 4.00. The Morgan fingerprint density at radius 3 is 2.68 bits per heavy atom. The van der Waals surface area contributed by atoms with Crippen LogP contribution in [-0.2, 0) is 4.79 Å². The average Bonchev–Trinajstić information content (AvgIpc) is 3.23. The van der Waals surface area contributed by atoms with Crippen LogP contribution in [0.1, 0.15) is 25.7 Å². The van der Waals surface area contributed by atoms with Crippen molar-refractivity contribution in [3.63, 3.8) is 0 Å². The molecule has 102 valence electrons. The Hall–Kier alpha value is -1.36. The van der Waals surface area contributed by atoms with Gasteiger partial charge in [-0.1, -0.05) is 11.6 Å². The predicted octanol–water partition coefficient (Wildman–Crippen LogP) is 1.62. The van der Waals surface area contributed by atoms with Crippen LogP contribution in [0.25, 0.3) is 0 Å². The molecule has 2 aliphatic rings. The van der Waals surface area contributed by atoms with E-state index < -0.39 is 0 Å². The molecule has 1 saturated heterocycles. The van der Waals surface area contributed by atoms with Gasteiger partial charge in [-0.25, -0.2) is 9.97 Å². The number of nitrogens with zero attached hydrogens (tertiary/aromatic N) is 3. The monoisotopic (exact) mass is 280 g/mol. The van der Waals surface area contributed by atoms with Gasteiger partial charge in [0.05, 0.1) is 6.20 Å². The molecule has 0 bridgehead atoms. The Bertz CT molecular complexity index is 469. The number of anilines is 1. The summed E-state index contributed by atoms with van der Waals surface area (Å²) in [5.41, 5.74) is 0. The van der Waals surface area contributed by atoms with Gasteiger partial charge in [0.25, 0.3) is 0 Å². The maximum Gasteiger partial charge on any atom is 0.223 e. The van der Waals surface area contributed by atoms with Crippen molar-refractivity contribution >= 4 is 23.3 Å². The van der Waals surface area contributed by atoms with Crippen molar-refractivity contribution in [3.05, 3.63) is 17.5 Å². The first kappa shape index (κ1) is 12.7. The van der Waals surface area contributed by atoms with Gasteiger partial charge in [-0.05, 0) is 25.7 Å². The van der Waals surface area contributed by atoms with Gasteiger partial charge in [-0.15, -0.1) is 0 Å². The Labute approximate surface area is 117 Å². The summed E-state index contributed by atoms with van der Waals surface area (Å²) in [6.45, 7) is 1.64. The van der Waals surface area contributed by atoms with Crippen LogP contribution in [0.4, 0.5) is 5.82 Å². The highest BCUT2D eigenvalue weighted by Crippen LogP contribution is 2.27. The molecule has 0 radical (unpaired) electrons. The lowest BCUT2D eigenvalue weighted by Crippen LogP contribution is -2.41. The molecule has 0 spiro atoms. The van der Waals surface area contributed by atoms with Crippen LogP contribution < -0.4 is 10.2 Å². The summed E-state index contributed by atoms with van der Waals surface area (Å²) < 4.78 is 0. The zero-order valence-electron chi connectivity index (χ0n) is 10.7. The fourth-order valence-electron chi connectivity index (χ4n) is 2.44. The van der Waals surface area contributed by atoms with Gasteiger partial charge < -0.3 is 10.2 Å². The van der Waals surface area contributed by atoms with Crippen LogP contribution >= 0.6 is 11.6 Å². The van der Waals surface area contributed by atoms with Gasteiger partial charge in [-0.3, -0.25) is 4.79 Å². The van der Waals surface area contributed by atoms with Crippen molar-refractivity contribution in [2.24, 2.45) is 5.92 Å². The molecule has 1 amide bonds. The van der Waals surface area contributed by atoms with Crippen LogP contribution in [0.15, 0.2) is 12.5 Å². The number of rotatable bonds is 3. The van der Waals surface area contributed by atoms with E-state index in [0.29, 0.717) is 11.1 Å². The van der Waals surface area contributed by atoms with Crippen LogP contribution in [0, 0.1) is 5.92 Å². The van der Waals surface area contributed by atoms with E-state index >= 15 is 0 Å². The Morgan fingerprint density at radius 2 is 2.05 bits per heavy atom. The second kappa shape index (κ2) is 5.33. The largest absolute Gasteiger partial charge is 0.355 e. The number of piperidine rings is 1. The number of carbonyl (C=O) groups is 1. The summed E-state index contributed by atoms with van der Waals surface area (Å²) in [6.07, 6.45) is 7.11. The Balaban J connectivity index is 1.57. The first-order valence-corrected chi connectivity index (χ1v) is 7.12. The van der Waals surface area contributed by atoms with Crippen molar-refractivity contribution in [1.82, 2.24) is 15.3 Å². The van der Waals surface area contributed by atoms with Crippen molar-refractivity contribution in [2.75, 3.05) is 18.0 Å². The van der Waals surface area contributed by atoms with Gasteiger partial charge in [0, 0.05) is 25.0 Å². The fourth-order valence-corrected chi connectivity index (χ4v) is 2.66. The lowest BCUT2D eigenvalue weighted by Gasteiger charge is -2.32. The highest BCUT2D eigenvalue weighted by molar-refractivity contribution is 6.32. The molecule has 2 heterocycles. The first-order chi connectivity index (χ1) is 9.24. The summed E-state index contributed by atoms with van der Waals surface area (Å²) in [5.74, 6) is 1.13. The van der Waals surface area contributed by atoms with Crippen LogP contribution in [0.2, 0.25) is 5.02 Å². The maximum absolute atomic E-state index is 12.0. The highest BCUT2D eigenvalue weighted by atomic mass is 35.5. The van der Waals surface area contributed by atoms with Gasteiger partial charge >= 0.3 is 0 Å². The van der Waals surface area contributed by atoms with Gasteiger partial charge in [0.15, 0.2) is 5.82 Å². The standard InChI is InChI=1S/C13H17ClN4O/c14-11-7-15-8-16-12(11)18-5-3-9(4-6-18)13(19)17-10-1-2-10/h7-10H,1-6H2,(H,17,19). The molecule has 1 saturated carbocycles. The molecular formula is C13H17ClN4O. The third kappa shape index (κ3) is 2.97. The minimum absolute atomic E-state index is 0.137. The number of amides is 1. The lowest BCUT2D eigenvalue weighted by molar-refractivity contribution is -0.125. The third-order valence-electron chi connectivity index (χ3n) is 3.74. The van der Waals surface area contributed by atoms with E-state index in [-0.39, 0.29) is 11.8 Å². The molecule has 0 atom stereocenters. The van der Waals surface area contributed by atoms with E-state index in [2.05, 4.69) is 20.2 Å². The van der Waals surface area contributed by atoms with Crippen LogP contribution in [0.5, 0.6) is 0 Å². The molecule has 5 nitrogen and oxygen atoms in total. The molecule has 0 aromatic carbocycles. The second-order valence-electron chi connectivity index (χ2n) is 5.24. The summed E-state index contributed by atoms with van der Waals surface area (Å²) in [4.78, 5) is 22.2. The van der Waals surface area contributed by atoms with Crippen molar-refractivity contribution in [1.29, 1.82) is 0 Å². The predicted molar refractivity (Wildman–Crippen MR) is 73.1 cm³/mol. The quantitative estimate of drug-likeness (QED) is 0.914. The van der Waals surface area contributed by atoms with E-state index in [9.17, 15) is 4.79 Å². The number of hydrogen-bond donors (Lipinski definition) is 1. The molecule has 0 unspecified atom stereocenters. The lowest BCUT2D eigenvalue weighted by atomic mass is 9.96. The highest BCUT2D eigenvalue weighted by Gasteiger charge is 2.30. The molecule has 1 aliphatic heterocycles. The molecular weight excluding hydrogens is 264 g/mol. The summed E-state index contributed by atoms with van der Waals surface area (Å²) in [5, 5.41) is 3.65. The molecule has 1 N–H and O–H groups in total. The van der Waals surface area contributed by atoms with E-state index in [1.54, 1.807) is 6.20 Å². The number of halogens is 1. The summed E-state index contributed by atoms with van der Waals surface area (Å²) in [7, 11) is 0. The Morgan fingerprint density at radius 1 is 1.32 bits per heavy atom. The van der Waals surface area contributed by atoms with Gasteiger partial charge in [-0.2, -0.15) is 0 Å². The van der Waals surface area contributed by atoms with Crippen molar-refractivity contribution in [3.8, 4) is 0 Å². The SMILES string of the molecule is O=C(NC1CC1)C1CCN(c2ncncc2Cl)CC1. The number of hydrogen-bond acceptors (Lipinski definition) is 4. The molecule has 1 aromatic rings.